The highest BCUT2D eigenvalue weighted by Crippen LogP contribution is 2.39. The number of fused-ring (bicyclic) bond motifs is 1. The second kappa shape index (κ2) is 6.22. The largest absolute Gasteiger partial charge is 0.389 e. The quantitative estimate of drug-likeness (QED) is 0.815. The predicted molar refractivity (Wildman–Crippen MR) is 80.2 cm³/mol. The van der Waals surface area contributed by atoms with Gasteiger partial charge in [-0.15, -0.1) is 0 Å². The van der Waals surface area contributed by atoms with Crippen molar-refractivity contribution < 1.29 is 18.3 Å². The molecule has 2 fully saturated rings. The average molecular weight is 318 g/mol. The third-order valence-electron chi connectivity index (χ3n) is 4.99. The van der Waals surface area contributed by atoms with Crippen molar-refractivity contribution in [2.75, 3.05) is 32.9 Å². The van der Waals surface area contributed by atoms with Gasteiger partial charge in [0, 0.05) is 39.0 Å². The van der Waals surface area contributed by atoms with E-state index in [-0.39, 0.29) is 24.8 Å². The molecular formula is C14H26N2O4S. The Labute approximate surface area is 127 Å². The molecule has 1 aliphatic heterocycles. The van der Waals surface area contributed by atoms with E-state index in [0.29, 0.717) is 19.5 Å². The highest BCUT2D eigenvalue weighted by atomic mass is 32.2. The Morgan fingerprint density at radius 2 is 2.10 bits per heavy atom. The summed E-state index contributed by atoms with van der Waals surface area (Å²) in [5.41, 5.74) is -0.585. The Hall–Kier alpha value is -0.660. The van der Waals surface area contributed by atoms with Crippen LogP contribution in [0.4, 0.5) is 0 Å². The van der Waals surface area contributed by atoms with E-state index in [4.69, 9.17) is 0 Å². The first-order chi connectivity index (χ1) is 9.72. The molecule has 0 bridgehead atoms. The number of carbonyl (C=O) groups is 1. The molecule has 21 heavy (non-hydrogen) atoms. The maximum atomic E-state index is 12.2. The van der Waals surface area contributed by atoms with Gasteiger partial charge < -0.3 is 10.0 Å². The lowest BCUT2D eigenvalue weighted by atomic mass is 9.71. The predicted octanol–water partition coefficient (Wildman–Crippen LogP) is 0.421. The Morgan fingerprint density at radius 3 is 2.76 bits per heavy atom. The second-order valence-electron chi connectivity index (χ2n) is 6.47. The zero-order valence-corrected chi connectivity index (χ0v) is 13.7. The van der Waals surface area contributed by atoms with Crippen LogP contribution in [0.5, 0.6) is 0 Å². The van der Waals surface area contributed by atoms with Crippen LogP contribution < -0.4 is 0 Å². The Morgan fingerprint density at radius 1 is 1.38 bits per heavy atom. The molecule has 122 valence electrons. The van der Waals surface area contributed by atoms with Gasteiger partial charge in [-0.1, -0.05) is 12.8 Å². The van der Waals surface area contributed by atoms with Crippen LogP contribution in [-0.2, 0) is 14.8 Å². The number of amides is 1. The van der Waals surface area contributed by atoms with Gasteiger partial charge in [0.15, 0.2) is 0 Å². The van der Waals surface area contributed by atoms with Gasteiger partial charge in [-0.05, 0) is 19.3 Å². The first-order valence-electron chi connectivity index (χ1n) is 7.64. The number of rotatable bonds is 4. The minimum atomic E-state index is -3.24. The van der Waals surface area contributed by atoms with Gasteiger partial charge in [-0.25, -0.2) is 12.7 Å². The summed E-state index contributed by atoms with van der Waals surface area (Å²) in [5, 5.41) is 10.6. The summed E-state index contributed by atoms with van der Waals surface area (Å²) in [6.07, 6.45) is 5.99. The van der Waals surface area contributed by atoms with Gasteiger partial charge in [0.2, 0.25) is 15.9 Å². The van der Waals surface area contributed by atoms with Crippen LogP contribution in [0.2, 0.25) is 0 Å². The maximum Gasteiger partial charge on any atom is 0.223 e. The minimum Gasteiger partial charge on any atom is -0.389 e. The fourth-order valence-electron chi connectivity index (χ4n) is 3.37. The van der Waals surface area contributed by atoms with Crippen molar-refractivity contribution in [1.29, 1.82) is 0 Å². The fourth-order valence-corrected chi connectivity index (χ4v) is 3.80. The molecule has 1 saturated carbocycles. The number of aliphatic hydroxyl groups is 1. The molecular weight excluding hydrogens is 292 g/mol. The number of hydrogen-bond donors (Lipinski definition) is 1. The molecule has 0 unspecified atom stereocenters. The first kappa shape index (κ1) is 16.7. The fraction of sp³-hybridized carbons (Fsp3) is 0.929. The lowest BCUT2D eigenvalue weighted by molar-refractivity contribution is -0.143. The van der Waals surface area contributed by atoms with Crippen LogP contribution in [0.1, 0.15) is 38.5 Å². The lowest BCUT2D eigenvalue weighted by Crippen LogP contribution is -2.54. The third kappa shape index (κ3) is 3.96. The number of likely N-dealkylation sites (tertiary alicyclic amines) is 1. The second-order valence-corrected chi connectivity index (χ2v) is 8.56. The van der Waals surface area contributed by atoms with Gasteiger partial charge in [0.25, 0.3) is 0 Å². The molecule has 1 aliphatic carbocycles. The van der Waals surface area contributed by atoms with Crippen molar-refractivity contribution in [3.8, 4) is 0 Å². The van der Waals surface area contributed by atoms with Crippen LogP contribution in [0.3, 0.4) is 0 Å². The monoisotopic (exact) mass is 318 g/mol. The third-order valence-corrected chi connectivity index (χ3v) is 6.30. The van der Waals surface area contributed by atoms with E-state index in [0.717, 1.165) is 31.9 Å². The van der Waals surface area contributed by atoms with Gasteiger partial charge in [0.05, 0.1) is 11.9 Å². The molecule has 0 aromatic heterocycles. The smallest absolute Gasteiger partial charge is 0.223 e. The van der Waals surface area contributed by atoms with E-state index >= 15 is 0 Å². The Balaban J connectivity index is 1.87. The molecule has 2 rings (SSSR count). The summed E-state index contributed by atoms with van der Waals surface area (Å²) in [6.45, 7) is 1.40. The molecule has 1 saturated heterocycles. The van der Waals surface area contributed by atoms with E-state index in [1.54, 1.807) is 4.90 Å². The van der Waals surface area contributed by atoms with E-state index in [1.165, 1.54) is 11.4 Å². The van der Waals surface area contributed by atoms with E-state index in [2.05, 4.69) is 0 Å². The molecule has 0 aromatic carbocycles. The minimum absolute atomic E-state index is 0.0156. The molecule has 7 heteroatoms. The van der Waals surface area contributed by atoms with E-state index in [9.17, 15) is 18.3 Å². The summed E-state index contributed by atoms with van der Waals surface area (Å²) in [6, 6.07) is 0. The summed E-state index contributed by atoms with van der Waals surface area (Å²) in [5.74, 6) is 0.162. The number of carbonyl (C=O) groups excluding carboxylic acids is 1. The molecule has 1 amide bonds. The van der Waals surface area contributed by atoms with Gasteiger partial charge in [0.1, 0.15) is 0 Å². The lowest BCUT2D eigenvalue weighted by Gasteiger charge is -2.47. The normalized spacial score (nSPS) is 30.3. The van der Waals surface area contributed by atoms with Crippen LogP contribution >= 0.6 is 0 Å². The highest BCUT2D eigenvalue weighted by molar-refractivity contribution is 7.88. The summed E-state index contributed by atoms with van der Waals surface area (Å²) >= 11 is 0. The molecule has 0 radical (unpaired) electrons. The molecule has 2 atom stereocenters. The average Bonchev–Trinajstić information content (AvgIpc) is 2.42. The zero-order chi connectivity index (χ0) is 15.7. The Bertz CT molecular complexity index is 493. The highest BCUT2D eigenvalue weighted by Gasteiger charge is 2.43. The number of piperidine rings is 1. The zero-order valence-electron chi connectivity index (χ0n) is 12.9. The summed E-state index contributed by atoms with van der Waals surface area (Å²) in [7, 11) is -1.75. The Kier molecular flexibility index (Phi) is 4.95. The number of sulfonamides is 1. The van der Waals surface area contributed by atoms with Gasteiger partial charge >= 0.3 is 0 Å². The molecule has 0 aromatic rings. The summed E-state index contributed by atoms with van der Waals surface area (Å²) in [4.78, 5) is 14.0. The first-order valence-corrected chi connectivity index (χ1v) is 9.49. The maximum absolute atomic E-state index is 12.2. The van der Waals surface area contributed by atoms with Crippen LogP contribution in [0.25, 0.3) is 0 Å². The van der Waals surface area contributed by atoms with Gasteiger partial charge in [-0.3, -0.25) is 4.79 Å². The molecule has 1 N–H and O–H groups in total. The van der Waals surface area contributed by atoms with Crippen molar-refractivity contribution >= 4 is 15.9 Å². The van der Waals surface area contributed by atoms with E-state index in [1.807, 2.05) is 0 Å². The van der Waals surface area contributed by atoms with Crippen molar-refractivity contribution in [1.82, 2.24) is 9.21 Å². The van der Waals surface area contributed by atoms with Crippen LogP contribution in [0, 0.1) is 5.92 Å². The van der Waals surface area contributed by atoms with Crippen molar-refractivity contribution in [3.05, 3.63) is 0 Å². The van der Waals surface area contributed by atoms with Gasteiger partial charge in [-0.2, -0.15) is 0 Å². The SMILES string of the molecule is CN(CCC(=O)N1CC[C@@]2(O)CCCC[C@H]2C1)S(C)(=O)=O. The molecule has 1 heterocycles. The van der Waals surface area contributed by atoms with E-state index < -0.39 is 15.6 Å². The standard InChI is InChI=1S/C14H26N2O4S/c1-15(21(2,19)20)9-6-13(17)16-10-8-14(18)7-4-3-5-12(14)11-16/h12,18H,3-11H2,1-2H3/t12-,14-/m0/s1. The van der Waals surface area contributed by atoms with Crippen molar-refractivity contribution in [2.45, 2.75) is 44.1 Å². The number of hydrogen-bond acceptors (Lipinski definition) is 4. The van der Waals surface area contributed by atoms with Crippen LogP contribution in [-0.4, -0.2) is 67.2 Å². The molecule has 6 nitrogen and oxygen atoms in total. The van der Waals surface area contributed by atoms with Crippen molar-refractivity contribution in [3.63, 3.8) is 0 Å². The summed E-state index contributed by atoms with van der Waals surface area (Å²) < 4.78 is 23.8. The number of nitrogens with zero attached hydrogens (tertiary/aromatic N) is 2. The topological polar surface area (TPSA) is 77.9 Å². The molecule has 0 spiro atoms. The molecule has 2 aliphatic rings. The van der Waals surface area contributed by atoms with Crippen molar-refractivity contribution in [2.24, 2.45) is 5.92 Å². The van der Waals surface area contributed by atoms with Crippen LogP contribution in [0.15, 0.2) is 0 Å².